The molecule has 0 spiro atoms. The Bertz CT molecular complexity index is 164. The monoisotopic (exact) mass is 276 g/mol. The smallest absolute Gasteiger partial charge is 0.0701 e. The fraction of sp³-hybridized carbons (Fsp3) is 1.00. The topological polar surface area (TPSA) is 47.9 Å². The van der Waals surface area contributed by atoms with Gasteiger partial charge in [0.05, 0.1) is 39.6 Å². The van der Waals surface area contributed by atoms with E-state index in [1.807, 2.05) is 0 Å². The summed E-state index contributed by atoms with van der Waals surface area (Å²) in [7, 11) is 0. The Morgan fingerprint density at radius 3 is 1.95 bits per heavy atom. The number of rotatable bonds is 15. The predicted molar refractivity (Wildman–Crippen MR) is 77.5 cm³/mol. The van der Waals surface area contributed by atoms with Gasteiger partial charge < -0.3 is 19.3 Å². The maximum atomic E-state index is 8.49. The van der Waals surface area contributed by atoms with Gasteiger partial charge in [-0.2, -0.15) is 0 Å². The highest BCUT2D eigenvalue weighted by Crippen LogP contribution is 2.12. The van der Waals surface area contributed by atoms with Gasteiger partial charge in [0.25, 0.3) is 0 Å². The highest BCUT2D eigenvalue weighted by Gasteiger charge is 2.01. The SMILES string of the molecule is CCCCCC(C)CCOCCOCCOCCO. The van der Waals surface area contributed by atoms with Crippen molar-refractivity contribution in [1.82, 2.24) is 0 Å². The van der Waals surface area contributed by atoms with E-state index in [0.717, 1.165) is 18.9 Å². The van der Waals surface area contributed by atoms with E-state index in [1.54, 1.807) is 0 Å². The van der Waals surface area contributed by atoms with E-state index < -0.39 is 0 Å². The second kappa shape index (κ2) is 15.9. The van der Waals surface area contributed by atoms with Crippen molar-refractivity contribution in [1.29, 1.82) is 0 Å². The lowest BCUT2D eigenvalue weighted by Gasteiger charge is -2.11. The van der Waals surface area contributed by atoms with Crippen LogP contribution in [0.25, 0.3) is 0 Å². The van der Waals surface area contributed by atoms with E-state index in [0.29, 0.717) is 33.0 Å². The maximum absolute atomic E-state index is 8.49. The molecule has 0 aromatic carbocycles. The van der Waals surface area contributed by atoms with Crippen LogP contribution in [0.3, 0.4) is 0 Å². The third kappa shape index (κ3) is 15.8. The van der Waals surface area contributed by atoms with Crippen molar-refractivity contribution in [3.05, 3.63) is 0 Å². The summed E-state index contributed by atoms with van der Waals surface area (Å²) in [6.45, 7) is 8.20. The first kappa shape index (κ1) is 18.8. The maximum Gasteiger partial charge on any atom is 0.0701 e. The number of aliphatic hydroxyl groups is 1. The lowest BCUT2D eigenvalue weighted by Crippen LogP contribution is -2.11. The first-order chi connectivity index (χ1) is 9.31. The molecule has 0 saturated carbocycles. The van der Waals surface area contributed by atoms with Gasteiger partial charge in [-0.15, -0.1) is 0 Å². The molecule has 0 rings (SSSR count). The van der Waals surface area contributed by atoms with Crippen molar-refractivity contribution < 1.29 is 19.3 Å². The first-order valence-electron chi connectivity index (χ1n) is 7.65. The van der Waals surface area contributed by atoms with Crippen LogP contribution in [0.2, 0.25) is 0 Å². The van der Waals surface area contributed by atoms with Gasteiger partial charge >= 0.3 is 0 Å². The normalized spacial score (nSPS) is 12.8. The van der Waals surface area contributed by atoms with Crippen LogP contribution >= 0.6 is 0 Å². The van der Waals surface area contributed by atoms with Crippen LogP contribution in [0.4, 0.5) is 0 Å². The molecule has 0 aliphatic carbocycles. The molecule has 4 nitrogen and oxygen atoms in total. The lowest BCUT2D eigenvalue weighted by atomic mass is 10.0. The molecule has 1 N–H and O–H groups in total. The third-order valence-electron chi connectivity index (χ3n) is 3.04. The Kier molecular flexibility index (Phi) is 15.8. The number of hydrogen-bond acceptors (Lipinski definition) is 4. The van der Waals surface area contributed by atoms with Gasteiger partial charge in [0.1, 0.15) is 0 Å². The largest absolute Gasteiger partial charge is 0.394 e. The molecule has 4 heteroatoms. The zero-order valence-corrected chi connectivity index (χ0v) is 12.7. The Balaban J connectivity index is 3.05. The molecule has 0 aromatic heterocycles. The number of ether oxygens (including phenoxy) is 3. The zero-order chi connectivity index (χ0) is 14.2. The summed E-state index contributed by atoms with van der Waals surface area (Å²) in [6.07, 6.45) is 6.44. The van der Waals surface area contributed by atoms with Crippen LogP contribution in [-0.2, 0) is 14.2 Å². The average Bonchev–Trinajstić information content (AvgIpc) is 2.41. The molecule has 0 heterocycles. The molecule has 1 atom stereocenters. The Hall–Kier alpha value is -0.160. The molecule has 0 aliphatic heterocycles. The van der Waals surface area contributed by atoms with Crippen molar-refractivity contribution >= 4 is 0 Å². The van der Waals surface area contributed by atoms with Gasteiger partial charge in [0.15, 0.2) is 0 Å². The van der Waals surface area contributed by atoms with Crippen LogP contribution in [0, 0.1) is 5.92 Å². The van der Waals surface area contributed by atoms with E-state index in [4.69, 9.17) is 19.3 Å². The zero-order valence-electron chi connectivity index (χ0n) is 12.7. The predicted octanol–water partition coefficient (Wildman–Crippen LogP) is 2.64. The third-order valence-corrected chi connectivity index (χ3v) is 3.04. The van der Waals surface area contributed by atoms with E-state index in [2.05, 4.69) is 13.8 Å². The van der Waals surface area contributed by atoms with E-state index in [-0.39, 0.29) is 6.61 Å². The Morgan fingerprint density at radius 1 is 0.789 bits per heavy atom. The molecule has 19 heavy (non-hydrogen) atoms. The van der Waals surface area contributed by atoms with E-state index >= 15 is 0 Å². The summed E-state index contributed by atoms with van der Waals surface area (Å²) in [6, 6.07) is 0. The highest BCUT2D eigenvalue weighted by molar-refractivity contribution is 4.53. The number of unbranched alkanes of at least 4 members (excludes halogenated alkanes) is 2. The minimum absolute atomic E-state index is 0.0690. The average molecular weight is 276 g/mol. The molecule has 0 aromatic rings. The molecular formula is C15H32O4. The summed E-state index contributed by atoms with van der Waals surface area (Å²) >= 11 is 0. The standard InChI is InChI=1S/C15H32O4/c1-3-4-5-6-15(2)7-9-17-11-13-19-14-12-18-10-8-16/h15-16H,3-14H2,1-2H3. The van der Waals surface area contributed by atoms with Gasteiger partial charge in [-0.25, -0.2) is 0 Å². The Morgan fingerprint density at radius 2 is 1.37 bits per heavy atom. The minimum atomic E-state index is 0.0690. The molecule has 0 bridgehead atoms. The fourth-order valence-corrected chi connectivity index (χ4v) is 1.78. The molecule has 0 saturated heterocycles. The second-order valence-corrected chi connectivity index (χ2v) is 4.95. The molecule has 0 amide bonds. The van der Waals surface area contributed by atoms with Gasteiger partial charge in [-0.05, 0) is 12.3 Å². The molecule has 1 unspecified atom stereocenters. The van der Waals surface area contributed by atoms with Crippen molar-refractivity contribution in [2.75, 3.05) is 46.2 Å². The highest BCUT2D eigenvalue weighted by atomic mass is 16.5. The fourth-order valence-electron chi connectivity index (χ4n) is 1.78. The molecule has 0 radical (unpaired) electrons. The summed E-state index contributed by atoms with van der Waals surface area (Å²) in [4.78, 5) is 0. The molecule has 116 valence electrons. The van der Waals surface area contributed by atoms with E-state index in [1.165, 1.54) is 25.7 Å². The van der Waals surface area contributed by atoms with Crippen LogP contribution in [-0.4, -0.2) is 51.4 Å². The number of aliphatic hydroxyl groups excluding tert-OH is 1. The van der Waals surface area contributed by atoms with Crippen molar-refractivity contribution in [2.45, 2.75) is 46.0 Å². The molecular weight excluding hydrogens is 244 g/mol. The van der Waals surface area contributed by atoms with Crippen molar-refractivity contribution in [2.24, 2.45) is 5.92 Å². The summed E-state index contributed by atoms with van der Waals surface area (Å²) in [5.41, 5.74) is 0. The summed E-state index contributed by atoms with van der Waals surface area (Å²) in [5, 5.41) is 8.49. The summed E-state index contributed by atoms with van der Waals surface area (Å²) in [5.74, 6) is 0.763. The lowest BCUT2D eigenvalue weighted by molar-refractivity contribution is 0.00601. The molecule has 0 fully saturated rings. The summed E-state index contributed by atoms with van der Waals surface area (Å²) < 4.78 is 15.9. The molecule has 0 aliphatic rings. The quantitative estimate of drug-likeness (QED) is 0.467. The van der Waals surface area contributed by atoms with Crippen LogP contribution < -0.4 is 0 Å². The first-order valence-corrected chi connectivity index (χ1v) is 7.65. The van der Waals surface area contributed by atoms with Crippen molar-refractivity contribution in [3.8, 4) is 0 Å². The van der Waals surface area contributed by atoms with Gasteiger partial charge in [-0.3, -0.25) is 0 Å². The van der Waals surface area contributed by atoms with Gasteiger partial charge in [0.2, 0.25) is 0 Å². The Labute approximate surface area is 118 Å². The van der Waals surface area contributed by atoms with E-state index in [9.17, 15) is 0 Å². The van der Waals surface area contributed by atoms with Gasteiger partial charge in [0, 0.05) is 6.61 Å². The van der Waals surface area contributed by atoms with Gasteiger partial charge in [-0.1, -0.05) is 39.5 Å². The van der Waals surface area contributed by atoms with Crippen LogP contribution in [0.5, 0.6) is 0 Å². The minimum Gasteiger partial charge on any atom is -0.394 e. The van der Waals surface area contributed by atoms with Crippen LogP contribution in [0.1, 0.15) is 46.0 Å². The second-order valence-electron chi connectivity index (χ2n) is 4.95. The van der Waals surface area contributed by atoms with Crippen LogP contribution in [0.15, 0.2) is 0 Å². The van der Waals surface area contributed by atoms with Crippen molar-refractivity contribution in [3.63, 3.8) is 0 Å². The number of hydrogen-bond donors (Lipinski definition) is 1.